The zero-order valence-corrected chi connectivity index (χ0v) is 18.2. The first-order valence-electron chi connectivity index (χ1n) is 10.3. The van der Waals surface area contributed by atoms with Crippen LogP contribution >= 0.6 is 11.5 Å². The van der Waals surface area contributed by atoms with Gasteiger partial charge in [0.05, 0.1) is 0 Å². The Kier molecular flexibility index (Phi) is 8.76. The summed E-state index contributed by atoms with van der Waals surface area (Å²) in [6.45, 7) is 14.2. The molecule has 8 heteroatoms. The largest absolute Gasteiger partial charge is 0.396 e. The summed E-state index contributed by atoms with van der Waals surface area (Å²) in [5, 5.41) is 13.9. The predicted molar refractivity (Wildman–Crippen MR) is 114 cm³/mol. The Bertz CT molecular complexity index is 579. The standard InChI is InChI=1S/C19H36N6OS/c1-5-16-22-18(27-23-16)25-12-10-24(11-13-25)17(20-8-4)21-15-19(6-2,7-3)9-14-26/h26H,5-15H2,1-4H3,(H,20,21). The van der Waals surface area contributed by atoms with E-state index in [1.807, 2.05) is 0 Å². The first-order valence-corrected chi connectivity index (χ1v) is 11.1. The number of aliphatic hydroxyl groups is 1. The zero-order valence-electron chi connectivity index (χ0n) is 17.4. The van der Waals surface area contributed by atoms with Gasteiger partial charge in [-0.1, -0.05) is 20.8 Å². The maximum Gasteiger partial charge on any atom is 0.205 e. The van der Waals surface area contributed by atoms with E-state index >= 15 is 0 Å². The van der Waals surface area contributed by atoms with Crippen LogP contribution in [0.4, 0.5) is 5.13 Å². The quantitative estimate of drug-likeness (QED) is 0.493. The van der Waals surface area contributed by atoms with E-state index in [2.05, 4.69) is 52.2 Å². The number of nitrogens with one attached hydrogen (secondary N) is 1. The van der Waals surface area contributed by atoms with Gasteiger partial charge in [-0.25, -0.2) is 4.98 Å². The van der Waals surface area contributed by atoms with E-state index in [1.165, 1.54) is 11.5 Å². The number of guanidine groups is 1. The second-order valence-corrected chi connectivity index (χ2v) is 7.90. The highest BCUT2D eigenvalue weighted by molar-refractivity contribution is 7.09. The molecule has 2 N–H and O–H groups in total. The maximum absolute atomic E-state index is 9.45. The topological polar surface area (TPSA) is 76.9 Å². The van der Waals surface area contributed by atoms with Gasteiger partial charge in [0.15, 0.2) is 5.96 Å². The van der Waals surface area contributed by atoms with Crippen LogP contribution in [0.2, 0.25) is 0 Å². The Labute approximate surface area is 168 Å². The van der Waals surface area contributed by atoms with Crippen LogP contribution in [-0.2, 0) is 6.42 Å². The van der Waals surface area contributed by atoms with E-state index in [-0.39, 0.29) is 12.0 Å². The summed E-state index contributed by atoms with van der Waals surface area (Å²) >= 11 is 1.50. The molecule has 0 amide bonds. The molecule has 154 valence electrons. The van der Waals surface area contributed by atoms with Crippen molar-refractivity contribution < 1.29 is 5.11 Å². The molecule has 1 aliphatic heterocycles. The normalized spacial score (nSPS) is 16.1. The number of piperazine rings is 1. The molecule has 2 rings (SSSR count). The summed E-state index contributed by atoms with van der Waals surface area (Å²) in [5.41, 5.74) is 0.0976. The lowest BCUT2D eigenvalue weighted by Crippen LogP contribution is -2.52. The van der Waals surface area contributed by atoms with Crippen LogP contribution in [0.5, 0.6) is 0 Å². The molecule has 27 heavy (non-hydrogen) atoms. The molecule has 0 unspecified atom stereocenters. The number of hydrogen-bond acceptors (Lipinski definition) is 6. The third kappa shape index (κ3) is 5.78. The summed E-state index contributed by atoms with van der Waals surface area (Å²) in [6.07, 6.45) is 3.78. The minimum Gasteiger partial charge on any atom is -0.396 e. The number of anilines is 1. The highest BCUT2D eigenvalue weighted by Crippen LogP contribution is 2.30. The third-order valence-electron chi connectivity index (χ3n) is 5.66. The number of aromatic nitrogens is 2. The van der Waals surface area contributed by atoms with Crippen molar-refractivity contribution in [3.63, 3.8) is 0 Å². The molecule has 0 aliphatic carbocycles. The smallest absolute Gasteiger partial charge is 0.205 e. The molecular formula is C19H36N6OS. The molecule has 1 aromatic heterocycles. The minimum atomic E-state index is 0.0976. The van der Waals surface area contributed by atoms with Crippen molar-refractivity contribution >= 4 is 22.6 Å². The Hall–Kier alpha value is -1.41. The molecule has 1 fully saturated rings. The van der Waals surface area contributed by atoms with Crippen molar-refractivity contribution in [3.05, 3.63) is 5.82 Å². The Morgan fingerprint density at radius 2 is 1.89 bits per heavy atom. The second-order valence-electron chi connectivity index (χ2n) is 7.17. The van der Waals surface area contributed by atoms with Crippen molar-refractivity contribution in [1.82, 2.24) is 19.6 Å². The lowest BCUT2D eigenvalue weighted by Gasteiger charge is -2.37. The first kappa shape index (κ1) is 21.9. The summed E-state index contributed by atoms with van der Waals surface area (Å²) in [6, 6.07) is 0. The van der Waals surface area contributed by atoms with E-state index in [0.29, 0.717) is 0 Å². The number of nitrogens with zero attached hydrogens (tertiary/aromatic N) is 5. The molecule has 0 atom stereocenters. The average molecular weight is 397 g/mol. The summed E-state index contributed by atoms with van der Waals surface area (Å²) in [4.78, 5) is 14.2. The highest BCUT2D eigenvalue weighted by Gasteiger charge is 2.27. The lowest BCUT2D eigenvalue weighted by atomic mass is 9.79. The average Bonchev–Trinajstić information content (AvgIpc) is 3.19. The van der Waals surface area contributed by atoms with Crippen LogP contribution in [0, 0.1) is 5.41 Å². The number of aliphatic imine (C=N–C) groups is 1. The second kappa shape index (κ2) is 10.8. The van der Waals surface area contributed by atoms with E-state index in [0.717, 1.165) is 81.9 Å². The van der Waals surface area contributed by atoms with Crippen LogP contribution in [0.1, 0.15) is 52.8 Å². The van der Waals surface area contributed by atoms with E-state index in [4.69, 9.17) is 4.99 Å². The molecule has 0 spiro atoms. The molecule has 1 saturated heterocycles. The number of hydrogen-bond donors (Lipinski definition) is 2. The fourth-order valence-electron chi connectivity index (χ4n) is 3.44. The minimum absolute atomic E-state index is 0.0976. The first-order chi connectivity index (χ1) is 13.1. The third-order valence-corrected chi connectivity index (χ3v) is 6.48. The number of rotatable bonds is 9. The van der Waals surface area contributed by atoms with Gasteiger partial charge in [-0.2, -0.15) is 4.37 Å². The predicted octanol–water partition coefficient (Wildman–Crippen LogP) is 2.38. The monoisotopic (exact) mass is 396 g/mol. The van der Waals surface area contributed by atoms with Gasteiger partial charge in [0.2, 0.25) is 5.13 Å². The number of aliphatic hydroxyl groups excluding tert-OH is 1. The van der Waals surface area contributed by atoms with Crippen molar-refractivity contribution in [2.45, 2.75) is 53.4 Å². The lowest BCUT2D eigenvalue weighted by molar-refractivity contribution is 0.175. The number of aryl methyl sites for hydroxylation is 1. The molecule has 0 saturated carbocycles. The van der Waals surface area contributed by atoms with Crippen molar-refractivity contribution in [3.8, 4) is 0 Å². The van der Waals surface area contributed by atoms with E-state index in [9.17, 15) is 5.11 Å². The summed E-state index contributed by atoms with van der Waals surface area (Å²) in [7, 11) is 0. The van der Waals surface area contributed by atoms with Crippen LogP contribution in [0.25, 0.3) is 0 Å². The fraction of sp³-hybridized carbons (Fsp3) is 0.842. The zero-order chi connectivity index (χ0) is 19.7. The van der Waals surface area contributed by atoms with Crippen molar-refractivity contribution in [1.29, 1.82) is 0 Å². The van der Waals surface area contributed by atoms with Gasteiger partial charge >= 0.3 is 0 Å². The Balaban J connectivity index is 2.00. The van der Waals surface area contributed by atoms with Crippen LogP contribution in [0.3, 0.4) is 0 Å². The van der Waals surface area contributed by atoms with Crippen molar-refractivity contribution in [2.75, 3.05) is 50.8 Å². The van der Waals surface area contributed by atoms with Gasteiger partial charge in [0.1, 0.15) is 5.82 Å². The highest BCUT2D eigenvalue weighted by atomic mass is 32.1. The SMILES string of the molecule is CCNC(=NCC(CC)(CC)CCO)N1CCN(c2nc(CC)ns2)CC1. The maximum atomic E-state index is 9.45. The van der Waals surface area contributed by atoms with Gasteiger partial charge < -0.3 is 20.2 Å². The Morgan fingerprint density at radius 3 is 2.41 bits per heavy atom. The molecule has 7 nitrogen and oxygen atoms in total. The molecule has 0 radical (unpaired) electrons. The fourth-order valence-corrected chi connectivity index (χ4v) is 4.24. The summed E-state index contributed by atoms with van der Waals surface area (Å²) in [5.74, 6) is 1.93. The van der Waals surface area contributed by atoms with Gasteiger partial charge in [-0.05, 0) is 31.6 Å². The molecule has 2 heterocycles. The molecule has 1 aromatic rings. The van der Waals surface area contributed by atoms with Gasteiger partial charge in [0.25, 0.3) is 0 Å². The molecular weight excluding hydrogens is 360 g/mol. The molecule has 1 aliphatic rings. The van der Waals surface area contributed by atoms with Gasteiger partial charge in [-0.3, -0.25) is 4.99 Å². The summed E-state index contributed by atoms with van der Waals surface area (Å²) < 4.78 is 4.40. The molecule has 0 bridgehead atoms. The van der Waals surface area contributed by atoms with Crippen LogP contribution in [-0.4, -0.2) is 71.2 Å². The van der Waals surface area contributed by atoms with Crippen molar-refractivity contribution in [2.24, 2.45) is 10.4 Å². The van der Waals surface area contributed by atoms with E-state index < -0.39 is 0 Å². The van der Waals surface area contributed by atoms with Gasteiger partial charge in [-0.15, -0.1) is 0 Å². The molecule has 0 aromatic carbocycles. The Morgan fingerprint density at radius 1 is 1.19 bits per heavy atom. The van der Waals surface area contributed by atoms with Crippen LogP contribution in [0.15, 0.2) is 4.99 Å². The van der Waals surface area contributed by atoms with E-state index in [1.54, 1.807) is 0 Å². The van der Waals surface area contributed by atoms with Gasteiger partial charge in [0, 0.05) is 63.8 Å². The van der Waals surface area contributed by atoms with Crippen LogP contribution < -0.4 is 10.2 Å².